The molecule has 2 aromatic rings. The lowest BCUT2D eigenvalue weighted by Crippen LogP contribution is -1.90. The van der Waals surface area contributed by atoms with Gasteiger partial charge < -0.3 is 5.11 Å². The maximum absolute atomic E-state index is 10.7. The third-order valence-electron chi connectivity index (χ3n) is 2.53. The fraction of sp³-hybridized carbons (Fsp3) is 0.0769. The summed E-state index contributed by atoms with van der Waals surface area (Å²) in [6.45, 7) is 1.85. The highest BCUT2D eigenvalue weighted by Crippen LogP contribution is 2.22. The normalized spacial score (nSPS) is 10.8. The van der Waals surface area contributed by atoms with E-state index in [0.717, 1.165) is 5.56 Å². The first kappa shape index (κ1) is 12.7. The Morgan fingerprint density at radius 2 is 2.21 bits per heavy atom. The van der Waals surface area contributed by atoms with Crippen molar-refractivity contribution in [2.75, 3.05) is 0 Å². The summed E-state index contributed by atoms with van der Waals surface area (Å²) in [6, 6.07) is 7.41. The first-order chi connectivity index (χ1) is 9.08. The van der Waals surface area contributed by atoms with E-state index in [2.05, 4.69) is 9.98 Å². The number of benzene rings is 1. The molecule has 1 aromatic carbocycles. The molecule has 0 saturated heterocycles. The molecule has 0 amide bonds. The Morgan fingerprint density at radius 1 is 1.42 bits per heavy atom. The lowest BCUT2D eigenvalue weighted by molar-refractivity contribution is -0.384. The number of hydrogen-bond donors (Lipinski definition) is 1. The van der Waals surface area contributed by atoms with Gasteiger partial charge in [-0.1, -0.05) is 6.07 Å². The molecule has 0 radical (unpaired) electrons. The number of nitrogens with zero attached hydrogens (tertiary/aromatic N) is 3. The van der Waals surface area contributed by atoms with Gasteiger partial charge in [0.15, 0.2) is 5.82 Å². The smallest absolute Gasteiger partial charge is 0.270 e. The number of phenols is 1. The molecule has 96 valence electrons. The maximum Gasteiger partial charge on any atom is 0.270 e. The van der Waals surface area contributed by atoms with Crippen molar-refractivity contribution >= 4 is 17.7 Å². The van der Waals surface area contributed by atoms with Crippen molar-refractivity contribution in [1.29, 1.82) is 0 Å². The van der Waals surface area contributed by atoms with Crippen LogP contribution < -0.4 is 0 Å². The lowest BCUT2D eigenvalue weighted by atomic mass is 10.2. The van der Waals surface area contributed by atoms with Crippen molar-refractivity contribution in [1.82, 2.24) is 4.98 Å². The van der Waals surface area contributed by atoms with E-state index < -0.39 is 4.92 Å². The summed E-state index contributed by atoms with van der Waals surface area (Å²) in [5.74, 6) is 0.441. The zero-order valence-corrected chi connectivity index (χ0v) is 10.1. The summed E-state index contributed by atoms with van der Waals surface area (Å²) in [4.78, 5) is 18.3. The number of aromatic nitrogens is 1. The van der Waals surface area contributed by atoms with Crippen LogP contribution in [0.3, 0.4) is 0 Å². The molecule has 0 fully saturated rings. The quantitative estimate of drug-likeness (QED) is 0.520. The van der Waals surface area contributed by atoms with Crippen LogP contribution >= 0.6 is 0 Å². The number of nitro groups is 1. The molecule has 19 heavy (non-hydrogen) atoms. The minimum atomic E-state index is -0.525. The lowest BCUT2D eigenvalue weighted by Gasteiger charge is -2.00. The average molecular weight is 257 g/mol. The summed E-state index contributed by atoms with van der Waals surface area (Å²) in [7, 11) is 0. The van der Waals surface area contributed by atoms with Crippen LogP contribution in [0.5, 0.6) is 5.75 Å². The molecule has 0 unspecified atom stereocenters. The second-order valence-electron chi connectivity index (χ2n) is 3.90. The number of nitro benzene ring substituents is 1. The van der Waals surface area contributed by atoms with Gasteiger partial charge in [0.25, 0.3) is 5.69 Å². The Kier molecular flexibility index (Phi) is 3.51. The molecule has 1 heterocycles. The molecule has 0 saturated carbocycles. The van der Waals surface area contributed by atoms with Gasteiger partial charge in [-0.2, -0.15) is 0 Å². The summed E-state index contributed by atoms with van der Waals surface area (Å²) in [5, 5.41) is 20.3. The Balaban J connectivity index is 2.35. The number of phenolic OH excluding ortho intramolecular Hbond substituents is 1. The van der Waals surface area contributed by atoms with Crippen LogP contribution in [-0.2, 0) is 0 Å². The molecule has 6 nitrogen and oxygen atoms in total. The number of rotatable bonds is 3. The van der Waals surface area contributed by atoms with E-state index >= 15 is 0 Å². The van der Waals surface area contributed by atoms with Crippen LogP contribution in [-0.4, -0.2) is 21.2 Å². The molecule has 0 bridgehead atoms. The fourth-order valence-electron chi connectivity index (χ4n) is 1.50. The van der Waals surface area contributed by atoms with Gasteiger partial charge in [0, 0.05) is 30.1 Å². The molecule has 0 aliphatic heterocycles. The van der Waals surface area contributed by atoms with Gasteiger partial charge in [0.05, 0.1) is 4.92 Å². The van der Waals surface area contributed by atoms with Gasteiger partial charge in [-0.15, -0.1) is 0 Å². The summed E-state index contributed by atoms with van der Waals surface area (Å²) >= 11 is 0. The Hall–Kier alpha value is -2.76. The first-order valence-corrected chi connectivity index (χ1v) is 5.51. The van der Waals surface area contributed by atoms with Crippen LogP contribution in [0.25, 0.3) is 0 Å². The van der Waals surface area contributed by atoms with Crippen LogP contribution in [0, 0.1) is 17.0 Å². The van der Waals surface area contributed by atoms with Gasteiger partial charge in [-0.3, -0.25) is 10.1 Å². The zero-order chi connectivity index (χ0) is 13.8. The molecule has 2 rings (SSSR count). The SMILES string of the molecule is Cc1cccnc1/N=C/c1cc([N+](=O)[O-])ccc1O. The Morgan fingerprint density at radius 3 is 2.89 bits per heavy atom. The molecular formula is C13H11N3O3. The van der Waals surface area contributed by atoms with E-state index in [1.807, 2.05) is 13.0 Å². The van der Waals surface area contributed by atoms with E-state index in [4.69, 9.17) is 0 Å². The third-order valence-corrected chi connectivity index (χ3v) is 2.53. The summed E-state index contributed by atoms with van der Waals surface area (Å²) in [5.41, 5.74) is 1.06. The second-order valence-corrected chi connectivity index (χ2v) is 3.90. The summed E-state index contributed by atoms with van der Waals surface area (Å²) in [6.07, 6.45) is 2.96. The zero-order valence-electron chi connectivity index (χ0n) is 10.1. The number of non-ortho nitro benzene ring substituents is 1. The van der Waals surface area contributed by atoms with E-state index in [0.29, 0.717) is 5.82 Å². The number of hydrogen-bond acceptors (Lipinski definition) is 5. The number of aromatic hydroxyl groups is 1. The predicted molar refractivity (Wildman–Crippen MR) is 71.0 cm³/mol. The van der Waals surface area contributed by atoms with E-state index in [1.165, 1.54) is 24.4 Å². The minimum absolute atomic E-state index is 0.0667. The van der Waals surface area contributed by atoms with Crippen LogP contribution in [0.1, 0.15) is 11.1 Å². The van der Waals surface area contributed by atoms with Crippen molar-refractivity contribution in [2.24, 2.45) is 4.99 Å². The predicted octanol–water partition coefficient (Wildman–Crippen LogP) is 2.75. The van der Waals surface area contributed by atoms with Crippen molar-refractivity contribution < 1.29 is 10.0 Å². The highest BCUT2D eigenvalue weighted by molar-refractivity contribution is 5.86. The topological polar surface area (TPSA) is 88.6 Å². The molecule has 0 spiro atoms. The monoisotopic (exact) mass is 257 g/mol. The standard InChI is InChI=1S/C13H11N3O3/c1-9-3-2-6-14-13(9)15-8-10-7-11(16(18)19)4-5-12(10)17/h2-8,17H,1H3/b15-8+. The number of pyridine rings is 1. The number of aryl methyl sites for hydroxylation is 1. The second kappa shape index (κ2) is 5.26. The number of aliphatic imine (C=N–C) groups is 1. The molecular weight excluding hydrogens is 246 g/mol. The van der Waals surface area contributed by atoms with Crippen molar-refractivity contribution in [3.8, 4) is 5.75 Å². The van der Waals surface area contributed by atoms with E-state index in [1.54, 1.807) is 12.3 Å². The van der Waals surface area contributed by atoms with Gasteiger partial charge in [0.2, 0.25) is 0 Å². The molecule has 0 aliphatic rings. The maximum atomic E-state index is 10.7. The molecule has 0 aliphatic carbocycles. The van der Waals surface area contributed by atoms with E-state index in [-0.39, 0.29) is 17.0 Å². The van der Waals surface area contributed by atoms with Crippen molar-refractivity contribution in [3.63, 3.8) is 0 Å². The van der Waals surface area contributed by atoms with Gasteiger partial charge in [-0.05, 0) is 24.6 Å². The average Bonchev–Trinajstić information content (AvgIpc) is 2.39. The fourth-order valence-corrected chi connectivity index (χ4v) is 1.50. The molecule has 6 heteroatoms. The third kappa shape index (κ3) is 2.92. The summed E-state index contributed by atoms with van der Waals surface area (Å²) < 4.78 is 0. The van der Waals surface area contributed by atoms with Crippen LogP contribution in [0.2, 0.25) is 0 Å². The van der Waals surface area contributed by atoms with Crippen LogP contribution in [0.4, 0.5) is 11.5 Å². The molecule has 1 aromatic heterocycles. The van der Waals surface area contributed by atoms with Crippen molar-refractivity contribution in [2.45, 2.75) is 6.92 Å². The Bertz CT molecular complexity index is 653. The van der Waals surface area contributed by atoms with Gasteiger partial charge >= 0.3 is 0 Å². The highest BCUT2D eigenvalue weighted by atomic mass is 16.6. The largest absolute Gasteiger partial charge is 0.507 e. The van der Waals surface area contributed by atoms with Gasteiger partial charge in [0.1, 0.15) is 5.75 Å². The van der Waals surface area contributed by atoms with Crippen molar-refractivity contribution in [3.05, 3.63) is 57.8 Å². The minimum Gasteiger partial charge on any atom is -0.507 e. The Labute approximate surface area is 109 Å². The highest BCUT2D eigenvalue weighted by Gasteiger charge is 2.08. The molecule has 1 N–H and O–H groups in total. The van der Waals surface area contributed by atoms with Crippen LogP contribution in [0.15, 0.2) is 41.5 Å². The molecule has 0 atom stereocenters. The van der Waals surface area contributed by atoms with E-state index in [9.17, 15) is 15.2 Å². The first-order valence-electron chi connectivity index (χ1n) is 5.51. The van der Waals surface area contributed by atoms with Gasteiger partial charge in [-0.25, -0.2) is 9.98 Å².